The minimum atomic E-state index is -0.421. The predicted molar refractivity (Wildman–Crippen MR) is 243 cm³/mol. The average Bonchev–Trinajstić information content (AvgIpc) is 3.72. The van der Waals surface area contributed by atoms with E-state index in [-0.39, 0.29) is 5.41 Å². The van der Waals surface area contributed by atoms with Crippen molar-refractivity contribution in [2.24, 2.45) is 0 Å². The molecule has 12 rings (SSSR count). The SMILES string of the molecule is CC1(C)c2ccccc2-c2ccc(-c3cc(-c4cccc(-c5cccc6c5Sc5ccccc5C65c6ccccc6-c6ccccc65)c4)nc(-c4ccccc4)n3)cc21. The first kappa shape index (κ1) is 34.3. The molecule has 0 atom stereocenters. The van der Waals surface area contributed by atoms with Crippen molar-refractivity contribution in [2.75, 3.05) is 0 Å². The van der Waals surface area contributed by atoms with E-state index in [1.807, 2.05) is 17.8 Å². The smallest absolute Gasteiger partial charge is 0.160 e. The van der Waals surface area contributed by atoms with Gasteiger partial charge >= 0.3 is 0 Å². The lowest BCUT2D eigenvalue weighted by molar-refractivity contribution is 0.660. The average molecular weight is 771 g/mol. The summed E-state index contributed by atoms with van der Waals surface area (Å²) in [6, 6.07) is 71.1. The molecule has 2 nitrogen and oxygen atoms in total. The summed E-state index contributed by atoms with van der Waals surface area (Å²) in [6.07, 6.45) is 0. The molecule has 3 heteroatoms. The molecule has 0 saturated carbocycles. The maximum absolute atomic E-state index is 5.28. The van der Waals surface area contributed by atoms with Gasteiger partial charge in [-0.2, -0.15) is 0 Å². The molecular weight excluding hydrogens is 733 g/mol. The van der Waals surface area contributed by atoms with Gasteiger partial charge in [0.2, 0.25) is 0 Å². The summed E-state index contributed by atoms with van der Waals surface area (Å²) in [6.45, 7) is 4.66. The maximum Gasteiger partial charge on any atom is 0.160 e. The Kier molecular flexibility index (Phi) is 7.46. The van der Waals surface area contributed by atoms with Crippen molar-refractivity contribution in [2.45, 2.75) is 34.5 Å². The first-order valence-corrected chi connectivity index (χ1v) is 21.2. The fourth-order valence-corrected chi connectivity index (χ4v) is 11.6. The van der Waals surface area contributed by atoms with Crippen molar-refractivity contribution >= 4 is 11.8 Å². The van der Waals surface area contributed by atoms with E-state index in [1.165, 1.54) is 76.6 Å². The van der Waals surface area contributed by atoms with Gasteiger partial charge in [-0.25, -0.2) is 9.97 Å². The zero-order valence-electron chi connectivity index (χ0n) is 32.8. The van der Waals surface area contributed by atoms with Gasteiger partial charge in [-0.05, 0) is 91.0 Å². The lowest BCUT2D eigenvalue weighted by atomic mass is 9.67. The monoisotopic (exact) mass is 770 g/mol. The Bertz CT molecular complexity index is 3130. The van der Waals surface area contributed by atoms with Gasteiger partial charge in [0.05, 0.1) is 16.8 Å². The van der Waals surface area contributed by atoms with Gasteiger partial charge in [-0.1, -0.05) is 195 Å². The van der Waals surface area contributed by atoms with Gasteiger partial charge in [0.25, 0.3) is 0 Å². The molecule has 0 bridgehead atoms. The minimum Gasteiger partial charge on any atom is -0.228 e. The number of fused-ring (bicyclic) bond motifs is 12. The third kappa shape index (κ3) is 4.95. The molecule has 0 unspecified atom stereocenters. The van der Waals surface area contributed by atoms with Crippen LogP contribution in [0.4, 0.5) is 0 Å². The Hall–Kier alpha value is -6.81. The minimum absolute atomic E-state index is 0.108. The van der Waals surface area contributed by atoms with Crippen molar-refractivity contribution in [1.82, 2.24) is 9.97 Å². The van der Waals surface area contributed by atoms with E-state index in [2.05, 4.69) is 202 Å². The standard InChI is InChI=1S/C56H38N2S/c1-55(2)44-24-9-6-20-40(44)43-31-30-38(33-49(43)55)51-34-50(57-54(58-51)35-16-4-3-5-17-35)37-19-14-18-36(32-37)39-23-15-28-48-53(39)59-52-29-13-12-27-47(52)56(48)45-25-10-7-21-41(45)42-22-8-11-26-46(42)56/h3-34H,1-2H3. The van der Waals surface area contributed by atoms with Gasteiger partial charge in [0.1, 0.15) is 0 Å². The Morgan fingerprint density at radius 3 is 1.59 bits per heavy atom. The van der Waals surface area contributed by atoms with Crippen LogP contribution in [0.15, 0.2) is 204 Å². The van der Waals surface area contributed by atoms with Gasteiger partial charge in [0, 0.05) is 31.9 Å². The third-order valence-electron chi connectivity index (χ3n) is 13.0. The molecule has 0 N–H and O–H groups in total. The van der Waals surface area contributed by atoms with E-state index in [0.717, 1.165) is 33.9 Å². The van der Waals surface area contributed by atoms with Crippen LogP contribution in [0.5, 0.6) is 0 Å². The second kappa shape index (κ2) is 12.8. The van der Waals surface area contributed by atoms with Crippen LogP contribution in [-0.4, -0.2) is 9.97 Å². The molecule has 2 aliphatic carbocycles. The van der Waals surface area contributed by atoms with Crippen LogP contribution in [0.3, 0.4) is 0 Å². The highest BCUT2D eigenvalue weighted by Crippen LogP contribution is 2.63. The molecule has 0 saturated heterocycles. The summed E-state index contributed by atoms with van der Waals surface area (Å²) in [4.78, 5) is 13.1. The third-order valence-corrected chi connectivity index (χ3v) is 14.2. The van der Waals surface area contributed by atoms with Crippen molar-refractivity contribution in [3.63, 3.8) is 0 Å². The molecule has 0 radical (unpaired) electrons. The Labute approximate surface area is 349 Å². The number of rotatable bonds is 4. The van der Waals surface area contributed by atoms with E-state index in [0.29, 0.717) is 0 Å². The van der Waals surface area contributed by atoms with Crippen molar-refractivity contribution in [1.29, 1.82) is 0 Å². The molecule has 2 heterocycles. The molecule has 1 aliphatic heterocycles. The number of benzene rings is 8. The fourth-order valence-electron chi connectivity index (χ4n) is 10.3. The van der Waals surface area contributed by atoms with Gasteiger partial charge in [0.15, 0.2) is 5.82 Å². The normalized spacial score (nSPS) is 14.5. The topological polar surface area (TPSA) is 25.8 Å². The van der Waals surface area contributed by atoms with Crippen LogP contribution in [0.1, 0.15) is 47.2 Å². The van der Waals surface area contributed by atoms with Crippen LogP contribution < -0.4 is 0 Å². The number of nitrogens with zero attached hydrogens (tertiary/aromatic N) is 2. The molecule has 8 aromatic carbocycles. The van der Waals surface area contributed by atoms with Crippen LogP contribution in [-0.2, 0) is 10.8 Å². The molecule has 0 fully saturated rings. The van der Waals surface area contributed by atoms with E-state index in [4.69, 9.17) is 9.97 Å². The van der Waals surface area contributed by atoms with Crippen LogP contribution >= 0.6 is 11.8 Å². The van der Waals surface area contributed by atoms with Crippen molar-refractivity contribution in [3.05, 3.63) is 228 Å². The predicted octanol–water partition coefficient (Wildman–Crippen LogP) is 14.3. The van der Waals surface area contributed by atoms with Gasteiger partial charge in [-0.15, -0.1) is 0 Å². The second-order valence-corrected chi connectivity index (χ2v) is 17.5. The van der Waals surface area contributed by atoms with E-state index >= 15 is 0 Å². The van der Waals surface area contributed by atoms with Crippen molar-refractivity contribution < 1.29 is 0 Å². The first-order valence-electron chi connectivity index (χ1n) is 20.4. The van der Waals surface area contributed by atoms with E-state index < -0.39 is 5.41 Å². The summed E-state index contributed by atoms with van der Waals surface area (Å²) >= 11 is 1.89. The van der Waals surface area contributed by atoms with Gasteiger partial charge < -0.3 is 0 Å². The van der Waals surface area contributed by atoms with Crippen LogP contribution in [0, 0.1) is 0 Å². The lowest BCUT2D eigenvalue weighted by Gasteiger charge is -2.40. The number of aromatic nitrogens is 2. The Morgan fingerprint density at radius 2 is 0.864 bits per heavy atom. The van der Waals surface area contributed by atoms with Crippen LogP contribution in [0.25, 0.3) is 67.3 Å². The highest BCUT2D eigenvalue weighted by Gasteiger charge is 2.50. The second-order valence-electron chi connectivity index (χ2n) is 16.5. The zero-order chi connectivity index (χ0) is 39.3. The Balaban J connectivity index is 1.03. The van der Waals surface area contributed by atoms with Gasteiger partial charge in [-0.3, -0.25) is 0 Å². The molecule has 9 aromatic rings. The quantitative estimate of drug-likeness (QED) is 0.178. The highest BCUT2D eigenvalue weighted by atomic mass is 32.2. The summed E-state index contributed by atoms with van der Waals surface area (Å²) in [5, 5.41) is 0. The zero-order valence-corrected chi connectivity index (χ0v) is 33.6. The first-order chi connectivity index (χ1) is 29.0. The molecular formula is C56H38N2S. The molecule has 1 aromatic heterocycles. The summed E-state index contributed by atoms with van der Waals surface area (Å²) in [5.41, 5.74) is 20.2. The summed E-state index contributed by atoms with van der Waals surface area (Å²) in [5.74, 6) is 0.719. The fraction of sp³-hybridized carbons (Fsp3) is 0.0714. The number of hydrogen-bond donors (Lipinski definition) is 0. The molecule has 3 aliphatic rings. The summed E-state index contributed by atoms with van der Waals surface area (Å²) in [7, 11) is 0. The Morgan fingerprint density at radius 1 is 0.356 bits per heavy atom. The van der Waals surface area contributed by atoms with Crippen LogP contribution in [0.2, 0.25) is 0 Å². The highest BCUT2D eigenvalue weighted by molar-refractivity contribution is 7.99. The largest absolute Gasteiger partial charge is 0.228 e. The molecule has 59 heavy (non-hydrogen) atoms. The van der Waals surface area contributed by atoms with E-state index in [9.17, 15) is 0 Å². The molecule has 278 valence electrons. The molecule has 0 amide bonds. The lowest BCUT2D eigenvalue weighted by Crippen LogP contribution is -2.32. The number of hydrogen-bond acceptors (Lipinski definition) is 3. The summed E-state index contributed by atoms with van der Waals surface area (Å²) < 4.78 is 0. The van der Waals surface area contributed by atoms with E-state index in [1.54, 1.807) is 0 Å². The van der Waals surface area contributed by atoms with Crippen molar-refractivity contribution in [3.8, 4) is 67.3 Å². The maximum atomic E-state index is 5.28. The molecule has 1 spiro atoms.